The Labute approximate surface area is 106 Å². The van der Waals surface area contributed by atoms with Crippen molar-refractivity contribution in [3.05, 3.63) is 29.8 Å². The van der Waals surface area contributed by atoms with Crippen LogP contribution in [-0.4, -0.2) is 45.4 Å². The Hall–Kier alpha value is -1.40. The molecule has 0 radical (unpaired) electrons. The predicted molar refractivity (Wildman–Crippen MR) is 67.8 cm³/mol. The van der Waals surface area contributed by atoms with Gasteiger partial charge in [0.25, 0.3) is 0 Å². The molecule has 1 aliphatic rings. The number of Topliss-reactive ketones (excluding diaryl/α,β-unsaturated/α-hetero) is 1. The lowest BCUT2D eigenvalue weighted by Gasteiger charge is -2.26. The number of rotatable bonds is 5. The van der Waals surface area contributed by atoms with Crippen LogP contribution in [0, 0.1) is 0 Å². The van der Waals surface area contributed by atoms with Gasteiger partial charge in [-0.3, -0.25) is 4.79 Å². The van der Waals surface area contributed by atoms with Crippen LogP contribution in [0.25, 0.3) is 0 Å². The highest BCUT2D eigenvalue weighted by molar-refractivity contribution is 7.92. The van der Waals surface area contributed by atoms with Crippen LogP contribution in [0.5, 0.6) is 5.75 Å². The van der Waals surface area contributed by atoms with E-state index in [0.29, 0.717) is 11.3 Å². The molecule has 0 bridgehead atoms. The van der Waals surface area contributed by atoms with Crippen molar-refractivity contribution in [1.29, 1.82) is 0 Å². The first-order valence-corrected chi connectivity index (χ1v) is 7.47. The fourth-order valence-corrected chi connectivity index (χ4v) is 2.95. The quantitative estimate of drug-likeness (QED) is 0.777. The average Bonchev–Trinajstić information content (AvgIpc) is 2.27. The van der Waals surface area contributed by atoms with Gasteiger partial charge in [0.2, 0.25) is 0 Å². The molecule has 2 rings (SSSR count). The highest BCUT2D eigenvalue weighted by Gasteiger charge is 2.35. The number of carbonyl (C=O) groups excluding carboxylic acids is 1. The normalized spacial score (nSPS) is 18.1. The lowest BCUT2D eigenvalue weighted by molar-refractivity contribution is 0.0992. The summed E-state index contributed by atoms with van der Waals surface area (Å²) in [4.78, 5) is 11.7. The lowest BCUT2D eigenvalue weighted by Crippen LogP contribution is -2.45. The molecule has 1 aromatic carbocycles. The van der Waals surface area contributed by atoms with E-state index >= 15 is 0 Å². The van der Waals surface area contributed by atoms with E-state index in [4.69, 9.17) is 4.74 Å². The Morgan fingerprint density at radius 1 is 1.44 bits per heavy atom. The SMILES string of the molecule is CNCC(=O)c1cccc(OC2CS(=O)(=O)C2)c1. The van der Waals surface area contributed by atoms with Crippen molar-refractivity contribution in [2.24, 2.45) is 0 Å². The van der Waals surface area contributed by atoms with Gasteiger partial charge in [0.15, 0.2) is 15.6 Å². The maximum atomic E-state index is 11.7. The summed E-state index contributed by atoms with van der Waals surface area (Å²) >= 11 is 0. The van der Waals surface area contributed by atoms with Gasteiger partial charge in [0.1, 0.15) is 11.9 Å². The largest absolute Gasteiger partial charge is 0.488 e. The summed E-state index contributed by atoms with van der Waals surface area (Å²) in [6.45, 7) is 0.265. The second-order valence-corrected chi connectivity index (χ2v) is 6.45. The van der Waals surface area contributed by atoms with Gasteiger partial charge < -0.3 is 10.1 Å². The molecule has 1 aromatic rings. The minimum atomic E-state index is -2.89. The summed E-state index contributed by atoms with van der Waals surface area (Å²) < 4.78 is 27.5. The summed E-state index contributed by atoms with van der Waals surface area (Å²) in [6.07, 6.45) is -0.287. The van der Waals surface area contributed by atoms with Crippen molar-refractivity contribution < 1.29 is 17.9 Å². The van der Waals surface area contributed by atoms with Crippen LogP contribution in [0.3, 0.4) is 0 Å². The number of benzene rings is 1. The highest BCUT2D eigenvalue weighted by atomic mass is 32.2. The Morgan fingerprint density at radius 3 is 2.78 bits per heavy atom. The van der Waals surface area contributed by atoms with Crippen molar-refractivity contribution in [3.63, 3.8) is 0 Å². The highest BCUT2D eigenvalue weighted by Crippen LogP contribution is 2.20. The first-order valence-electron chi connectivity index (χ1n) is 5.65. The van der Waals surface area contributed by atoms with Gasteiger partial charge in [-0.15, -0.1) is 0 Å². The molecule has 0 saturated carbocycles. The molecule has 0 atom stereocenters. The molecule has 1 heterocycles. The maximum Gasteiger partial charge on any atom is 0.176 e. The topological polar surface area (TPSA) is 72.5 Å². The Morgan fingerprint density at radius 2 is 2.17 bits per heavy atom. The van der Waals surface area contributed by atoms with Crippen LogP contribution in [0.4, 0.5) is 0 Å². The number of hydrogen-bond donors (Lipinski definition) is 1. The molecule has 1 N–H and O–H groups in total. The molecule has 98 valence electrons. The molecule has 0 aliphatic carbocycles. The minimum Gasteiger partial charge on any atom is -0.488 e. The van der Waals surface area contributed by atoms with Crippen LogP contribution in [0.1, 0.15) is 10.4 Å². The van der Waals surface area contributed by atoms with Crippen molar-refractivity contribution >= 4 is 15.6 Å². The molecule has 5 nitrogen and oxygen atoms in total. The van der Waals surface area contributed by atoms with E-state index in [1.54, 1.807) is 31.3 Å². The van der Waals surface area contributed by atoms with E-state index in [0.717, 1.165) is 0 Å². The van der Waals surface area contributed by atoms with Gasteiger partial charge in [-0.05, 0) is 19.2 Å². The zero-order valence-electron chi connectivity index (χ0n) is 10.0. The van der Waals surface area contributed by atoms with E-state index in [9.17, 15) is 13.2 Å². The third-order valence-corrected chi connectivity index (χ3v) is 4.44. The van der Waals surface area contributed by atoms with E-state index in [1.807, 2.05) is 0 Å². The van der Waals surface area contributed by atoms with E-state index in [2.05, 4.69) is 5.32 Å². The minimum absolute atomic E-state index is 0.0239. The molecule has 6 heteroatoms. The molecule has 0 amide bonds. The van der Waals surface area contributed by atoms with Crippen molar-refractivity contribution in [2.75, 3.05) is 25.1 Å². The van der Waals surface area contributed by atoms with Crippen LogP contribution in [-0.2, 0) is 9.84 Å². The second kappa shape index (κ2) is 5.07. The van der Waals surface area contributed by atoms with E-state index in [-0.39, 0.29) is 29.9 Å². The van der Waals surface area contributed by atoms with Crippen LogP contribution >= 0.6 is 0 Å². The Kier molecular flexibility index (Phi) is 3.68. The van der Waals surface area contributed by atoms with Gasteiger partial charge in [-0.1, -0.05) is 12.1 Å². The number of likely N-dealkylation sites (N-methyl/N-ethyl adjacent to an activating group) is 1. The van der Waals surface area contributed by atoms with Gasteiger partial charge in [-0.25, -0.2) is 8.42 Å². The number of nitrogens with one attached hydrogen (secondary N) is 1. The summed E-state index contributed by atoms with van der Waals surface area (Å²) in [5.74, 6) is 0.629. The number of carbonyl (C=O) groups is 1. The second-order valence-electron chi connectivity index (χ2n) is 4.30. The van der Waals surface area contributed by atoms with E-state index < -0.39 is 9.84 Å². The van der Waals surface area contributed by atoms with Gasteiger partial charge in [0.05, 0.1) is 18.1 Å². The zero-order chi connectivity index (χ0) is 13.2. The number of sulfone groups is 1. The molecule has 1 saturated heterocycles. The lowest BCUT2D eigenvalue weighted by atomic mass is 10.1. The summed E-state index contributed by atoms with van der Waals surface area (Å²) in [7, 11) is -1.18. The third-order valence-electron chi connectivity index (χ3n) is 2.68. The molecule has 0 aromatic heterocycles. The molecule has 1 aliphatic heterocycles. The number of hydrogen-bond acceptors (Lipinski definition) is 5. The van der Waals surface area contributed by atoms with Crippen LogP contribution in [0.2, 0.25) is 0 Å². The molecule has 1 fully saturated rings. The summed E-state index contributed by atoms with van der Waals surface area (Å²) in [5.41, 5.74) is 0.559. The van der Waals surface area contributed by atoms with Crippen molar-refractivity contribution in [1.82, 2.24) is 5.32 Å². The third kappa shape index (κ3) is 3.08. The molecule has 0 unspecified atom stereocenters. The molecular weight excluding hydrogens is 254 g/mol. The number of ketones is 1. The monoisotopic (exact) mass is 269 g/mol. The fraction of sp³-hybridized carbons (Fsp3) is 0.417. The van der Waals surface area contributed by atoms with Crippen LogP contribution < -0.4 is 10.1 Å². The summed E-state index contributed by atoms with van der Waals surface area (Å²) in [6, 6.07) is 6.81. The predicted octanol–water partition coefficient (Wildman–Crippen LogP) is 0.265. The Balaban J connectivity index is 2.02. The molecule has 18 heavy (non-hydrogen) atoms. The maximum absolute atomic E-state index is 11.7. The first kappa shape index (κ1) is 13.0. The zero-order valence-corrected chi connectivity index (χ0v) is 10.9. The Bertz CT molecular complexity index is 541. The smallest absolute Gasteiger partial charge is 0.176 e. The first-order chi connectivity index (χ1) is 8.50. The van der Waals surface area contributed by atoms with Crippen LogP contribution in [0.15, 0.2) is 24.3 Å². The van der Waals surface area contributed by atoms with Gasteiger partial charge >= 0.3 is 0 Å². The number of ether oxygens (including phenoxy) is 1. The fourth-order valence-electron chi connectivity index (χ4n) is 1.78. The van der Waals surface area contributed by atoms with Crippen molar-refractivity contribution in [3.8, 4) is 5.75 Å². The van der Waals surface area contributed by atoms with Crippen molar-refractivity contribution in [2.45, 2.75) is 6.10 Å². The molecule has 0 spiro atoms. The van der Waals surface area contributed by atoms with Gasteiger partial charge in [-0.2, -0.15) is 0 Å². The van der Waals surface area contributed by atoms with Gasteiger partial charge in [0, 0.05) is 5.56 Å². The molecular formula is C12H15NO4S. The standard InChI is InChI=1S/C12H15NO4S/c1-13-6-12(14)9-3-2-4-10(5-9)17-11-7-18(15,16)8-11/h2-5,11,13H,6-8H2,1H3. The van der Waals surface area contributed by atoms with E-state index in [1.165, 1.54) is 0 Å². The average molecular weight is 269 g/mol. The summed E-state index contributed by atoms with van der Waals surface area (Å²) in [5, 5.41) is 2.79.